The molecule has 0 bridgehead atoms. The Morgan fingerprint density at radius 1 is 1.11 bits per heavy atom. The molecule has 0 spiro atoms. The summed E-state index contributed by atoms with van der Waals surface area (Å²) in [6.45, 7) is 1.20. The molecule has 0 aromatic heterocycles. The second-order valence-corrected chi connectivity index (χ2v) is 8.25. The quantitative estimate of drug-likeness (QED) is 0.794. The van der Waals surface area contributed by atoms with Gasteiger partial charge < -0.3 is 10.1 Å². The number of rotatable bonds is 5. The predicted octanol–water partition coefficient (Wildman–Crippen LogP) is 4.39. The van der Waals surface area contributed by atoms with Crippen LogP contribution in [0.1, 0.15) is 34.3 Å². The third-order valence-corrected chi connectivity index (χ3v) is 6.34. The summed E-state index contributed by atoms with van der Waals surface area (Å²) in [5.74, 6) is -0.510. The molecule has 150 valence electrons. The van der Waals surface area contributed by atoms with Gasteiger partial charge in [0, 0.05) is 40.7 Å². The van der Waals surface area contributed by atoms with Crippen molar-refractivity contribution in [2.24, 2.45) is 0 Å². The molecule has 28 heavy (non-hydrogen) atoms. The predicted molar refractivity (Wildman–Crippen MR) is 102 cm³/mol. The van der Waals surface area contributed by atoms with Gasteiger partial charge >= 0.3 is 6.18 Å². The number of alkyl halides is 3. The molecular formula is C20H20F3NO3S. The zero-order valence-electron chi connectivity index (χ0n) is 15.0. The van der Waals surface area contributed by atoms with Crippen LogP contribution < -0.4 is 5.32 Å². The maximum Gasteiger partial charge on any atom is 0.417 e. The summed E-state index contributed by atoms with van der Waals surface area (Å²) in [4.78, 5) is 12.4. The molecule has 4 nitrogen and oxygen atoms in total. The maximum absolute atomic E-state index is 13.1. The molecule has 1 N–H and O–H groups in total. The molecule has 0 radical (unpaired) electrons. The van der Waals surface area contributed by atoms with Crippen molar-refractivity contribution in [3.63, 3.8) is 0 Å². The first-order valence-corrected chi connectivity index (χ1v) is 10.2. The van der Waals surface area contributed by atoms with Crippen LogP contribution in [-0.2, 0) is 27.5 Å². The van der Waals surface area contributed by atoms with E-state index >= 15 is 0 Å². The summed E-state index contributed by atoms with van der Waals surface area (Å²) < 4.78 is 57.1. The maximum atomic E-state index is 13.1. The Morgan fingerprint density at radius 3 is 2.54 bits per heavy atom. The van der Waals surface area contributed by atoms with E-state index in [1.54, 1.807) is 24.3 Å². The number of benzene rings is 2. The molecule has 1 fully saturated rings. The first-order valence-electron chi connectivity index (χ1n) is 8.86. The topological polar surface area (TPSA) is 55.4 Å². The summed E-state index contributed by atoms with van der Waals surface area (Å²) in [6.07, 6.45) is -3.12. The lowest BCUT2D eigenvalue weighted by Gasteiger charge is -2.21. The molecule has 0 saturated carbocycles. The van der Waals surface area contributed by atoms with Gasteiger partial charge in [-0.05, 0) is 42.7 Å². The van der Waals surface area contributed by atoms with E-state index in [9.17, 15) is 22.2 Å². The van der Waals surface area contributed by atoms with E-state index in [0.717, 1.165) is 30.5 Å². The number of amides is 1. The third kappa shape index (κ3) is 5.20. The highest BCUT2D eigenvalue weighted by Crippen LogP contribution is 2.32. The Hall–Kier alpha value is -2.19. The van der Waals surface area contributed by atoms with E-state index in [4.69, 9.17) is 4.74 Å². The molecule has 1 aliphatic rings. The van der Waals surface area contributed by atoms with Gasteiger partial charge in [0.2, 0.25) is 0 Å². The van der Waals surface area contributed by atoms with E-state index in [-0.39, 0.29) is 5.25 Å². The zero-order valence-corrected chi connectivity index (χ0v) is 15.8. The standard InChI is InChI=1S/C20H20F3NO3S/c21-20(22,23)18-7-2-1-6-17(18)19(25)24-15-5-3-4-14(12-15)13-28(26)16-8-10-27-11-9-16/h1-7,12,16H,8-11,13H2,(H,24,25). The second-order valence-electron chi connectivity index (χ2n) is 6.53. The highest BCUT2D eigenvalue weighted by atomic mass is 32.2. The third-order valence-electron chi connectivity index (χ3n) is 4.51. The molecule has 1 atom stereocenters. The Bertz CT molecular complexity index is 864. The van der Waals surface area contributed by atoms with Gasteiger partial charge in [-0.25, -0.2) is 0 Å². The minimum absolute atomic E-state index is 0.0747. The van der Waals surface area contributed by atoms with Gasteiger partial charge in [-0.1, -0.05) is 24.3 Å². The minimum Gasteiger partial charge on any atom is -0.381 e. The van der Waals surface area contributed by atoms with Gasteiger partial charge in [-0.15, -0.1) is 0 Å². The summed E-state index contributed by atoms with van der Waals surface area (Å²) in [6, 6.07) is 11.4. The normalized spacial score (nSPS) is 16.5. The van der Waals surface area contributed by atoms with Crippen LogP contribution in [0.25, 0.3) is 0 Å². The van der Waals surface area contributed by atoms with Crippen LogP contribution in [0.4, 0.5) is 18.9 Å². The van der Waals surface area contributed by atoms with Crippen LogP contribution in [0.15, 0.2) is 48.5 Å². The van der Waals surface area contributed by atoms with E-state index in [1.165, 1.54) is 12.1 Å². The molecule has 8 heteroatoms. The fourth-order valence-corrected chi connectivity index (χ4v) is 4.55. The Labute approximate surface area is 163 Å². The van der Waals surface area contributed by atoms with Crippen molar-refractivity contribution in [2.75, 3.05) is 18.5 Å². The number of hydrogen-bond acceptors (Lipinski definition) is 3. The molecule has 1 aliphatic heterocycles. The van der Waals surface area contributed by atoms with Gasteiger partial charge in [0.05, 0.1) is 11.1 Å². The van der Waals surface area contributed by atoms with E-state index in [1.807, 2.05) is 0 Å². The van der Waals surface area contributed by atoms with Crippen LogP contribution in [0.5, 0.6) is 0 Å². The molecule has 1 unspecified atom stereocenters. The number of nitrogens with one attached hydrogen (secondary N) is 1. The number of anilines is 1. The monoisotopic (exact) mass is 411 g/mol. The Kier molecular flexibility index (Phi) is 6.51. The first kappa shape index (κ1) is 20.5. The first-order chi connectivity index (χ1) is 13.3. The molecular weight excluding hydrogens is 391 g/mol. The van der Waals surface area contributed by atoms with Crippen LogP contribution >= 0.6 is 0 Å². The molecule has 3 rings (SSSR count). The van der Waals surface area contributed by atoms with E-state index < -0.39 is 34.0 Å². The number of carbonyl (C=O) groups excluding carboxylic acids is 1. The largest absolute Gasteiger partial charge is 0.417 e. The van der Waals surface area contributed by atoms with Crippen molar-refractivity contribution in [2.45, 2.75) is 30.0 Å². The minimum atomic E-state index is -4.61. The molecule has 1 saturated heterocycles. The second kappa shape index (κ2) is 8.87. The average Bonchev–Trinajstić information content (AvgIpc) is 2.68. The smallest absolute Gasteiger partial charge is 0.381 e. The highest BCUT2D eigenvalue weighted by molar-refractivity contribution is 7.84. The molecule has 2 aromatic carbocycles. The van der Waals surface area contributed by atoms with Crippen molar-refractivity contribution < 1.29 is 26.9 Å². The zero-order chi connectivity index (χ0) is 20.1. The van der Waals surface area contributed by atoms with Crippen LogP contribution in [0, 0.1) is 0 Å². The van der Waals surface area contributed by atoms with Crippen molar-refractivity contribution in [1.29, 1.82) is 0 Å². The van der Waals surface area contributed by atoms with Crippen LogP contribution in [0.2, 0.25) is 0 Å². The Balaban J connectivity index is 1.71. The van der Waals surface area contributed by atoms with Crippen molar-refractivity contribution in [3.05, 3.63) is 65.2 Å². The average molecular weight is 411 g/mol. The lowest BCUT2D eigenvalue weighted by Crippen LogP contribution is -2.25. The molecule has 2 aromatic rings. The summed E-state index contributed by atoms with van der Waals surface area (Å²) in [7, 11) is -1.07. The molecule has 0 aliphatic carbocycles. The number of hydrogen-bond donors (Lipinski definition) is 1. The van der Waals surface area contributed by atoms with Crippen LogP contribution in [0.3, 0.4) is 0 Å². The van der Waals surface area contributed by atoms with Crippen molar-refractivity contribution in [3.8, 4) is 0 Å². The van der Waals surface area contributed by atoms with Crippen LogP contribution in [-0.4, -0.2) is 28.6 Å². The van der Waals surface area contributed by atoms with Crippen molar-refractivity contribution >= 4 is 22.4 Å². The number of carbonyl (C=O) groups is 1. The van der Waals surface area contributed by atoms with E-state index in [0.29, 0.717) is 24.7 Å². The fraction of sp³-hybridized carbons (Fsp3) is 0.350. The highest BCUT2D eigenvalue weighted by Gasteiger charge is 2.34. The Morgan fingerprint density at radius 2 is 1.82 bits per heavy atom. The van der Waals surface area contributed by atoms with E-state index in [2.05, 4.69) is 5.32 Å². The van der Waals surface area contributed by atoms with Crippen molar-refractivity contribution in [1.82, 2.24) is 0 Å². The van der Waals surface area contributed by atoms with Gasteiger partial charge in [-0.3, -0.25) is 9.00 Å². The van der Waals surface area contributed by atoms with Gasteiger partial charge in [0.1, 0.15) is 0 Å². The fourth-order valence-electron chi connectivity index (χ4n) is 3.09. The van der Waals surface area contributed by atoms with Gasteiger partial charge in [0.15, 0.2) is 0 Å². The lowest BCUT2D eigenvalue weighted by atomic mass is 10.1. The number of halogens is 3. The number of ether oxygens (including phenoxy) is 1. The molecule has 1 amide bonds. The lowest BCUT2D eigenvalue weighted by molar-refractivity contribution is -0.137. The molecule has 1 heterocycles. The van der Waals surface area contributed by atoms with Gasteiger partial charge in [0.25, 0.3) is 5.91 Å². The summed E-state index contributed by atoms with van der Waals surface area (Å²) in [5, 5.41) is 2.58. The summed E-state index contributed by atoms with van der Waals surface area (Å²) >= 11 is 0. The summed E-state index contributed by atoms with van der Waals surface area (Å²) in [5.41, 5.74) is -0.300. The SMILES string of the molecule is O=C(Nc1cccc(CS(=O)C2CCOCC2)c1)c1ccccc1C(F)(F)F. The van der Waals surface area contributed by atoms with Gasteiger partial charge in [-0.2, -0.15) is 13.2 Å².